The fourth-order valence-electron chi connectivity index (χ4n) is 2.10. The molecule has 4 atom stereocenters. The van der Waals surface area contributed by atoms with E-state index in [1.165, 1.54) is 0 Å². The van der Waals surface area contributed by atoms with Crippen molar-refractivity contribution in [3.63, 3.8) is 0 Å². The average molecular weight is 240 g/mol. The van der Waals surface area contributed by atoms with Gasteiger partial charge in [-0.3, -0.25) is 4.52 Å². The van der Waals surface area contributed by atoms with E-state index in [-0.39, 0.29) is 12.7 Å². The second-order valence-corrected chi connectivity index (χ2v) is 5.03. The fourth-order valence-corrected chi connectivity index (χ4v) is 2.71. The molecule has 2 aliphatic heterocycles. The van der Waals surface area contributed by atoms with Gasteiger partial charge in [-0.05, 0) is 6.92 Å². The highest BCUT2D eigenvalue weighted by atomic mass is 31.2. The van der Waals surface area contributed by atoms with Gasteiger partial charge >= 0.3 is 7.82 Å². The van der Waals surface area contributed by atoms with Crippen molar-refractivity contribution in [2.45, 2.75) is 30.8 Å². The summed E-state index contributed by atoms with van der Waals surface area (Å²) in [5, 5.41) is 9.19. The van der Waals surface area contributed by atoms with Gasteiger partial charge in [0.1, 0.15) is 17.8 Å². The molecule has 7 nitrogen and oxygen atoms in total. The standard InChI is InChI=1S/C7H13O7P/c1-4-5-6(14-15(9,10)11)7(2-8,13-4)3-12-5/h4-6,8H,2-3H2,1H3,(H2,9,10,11). The van der Waals surface area contributed by atoms with Gasteiger partial charge in [0.25, 0.3) is 0 Å². The zero-order valence-corrected chi connectivity index (χ0v) is 8.96. The molecular weight excluding hydrogens is 227 g/mol. The highest BCUT2D eigenvalue weighted by Gasteiger charge is 2.62. The molecule has 2 bridgehead atoms. The number of ether oxygens (including phenoxy) is 2. The number of phosphoric ester groups is 1. The molecule has 0 aromatic carbocycles. The third-order valence-electron chi connectivity index (χ3n) is 2.74. The Hall–Kier alpha value is -0.0100. The second kappa shape index (κ2) is 3.49. The van der Waals surface area contributed by atoms with Crippen LogP contribution in [0.2, 0.25) is 0 Å². The van der Waals surface area contributed by atoms with Gasteiger partial charge in [-0.2, -0.15) is 0 Å². The number of fused-ring (bicyclic) bond motifs is 2. The molecule has 0 saturated carbocycles. The number of aliphatic hydroxyl groups is 1. The molecule has 2 fully saturated rings. The van der Waals surface area contributed by atoms with Crippen LogP contribution in [-0.4, -0.2) is 52.0 Å². The Balaban J connectivity index is 2.21. The van der Waals surface area contributed by atoms with Crippen LogP contribution >= 0.6 is 7.82 Å². The molecule has 2 heterocycles. The van der Waals surface area contributed by atoms with Crippen LogP contribution < -0.4 is 0 Å². The van der Waals surface area contributed by atoms with Gasteiger partial charge in [0.2, 0.25) is 0 Å². The molecule has 0 aliphatic carbocycles. The maximum Gasteiger partial charge on any atom is 0.470 e. The Morgan fingerprint density at radius 1 is 1.60 bits per heavy atom. The van der Waals surface area contributed by atoms with Crippen molar-refractivity contribution < 1.29 is 33.5 Å². The molecule has 0 amide bonds. The Morgan fingerprint density at radius 2 is 2.27 bits per heavy atom. The molecule has 0 radical (unpaired) electrons. The van der Waals surface area contributed by atoms with Crippen LogP contribution in [0.5, 0.6) is 0 Å². The van der Waals surface area contributed by atoms with Crippen LogP contribution in [0.4, 0.5) is 0 Å². The molecule has 0 aromatic heterocycles. The lowest BCUT2D eigenvalue weighted by atomic mass is 10.0. The van der Waals surface area contributed by atoms with Crippen molar-refractivity contribution in [2.75, 3.05) is 13.2 Å². The normalized spacial score (nSPS) is 44.9. The molecule has 2 saturated heterocycles. The topological polar surface area (TPSA) is 105 Å². The second-order valence-electron chi connectivity index (χ2n) is 3.84. The molecule has 0 spiro atoms. The lowest BCUT2D eigenvalue weighted by Gasteiger charge is -2.28. The van der Waals surface area contributed by atoms with Crippen molar-refractivity contribution in [1.82, 2.24) is 0 Å². The summed E-state index contributed by atoms with van der Waals surface area (Å²) in [6.07, 6.45) is -1.80. The van der Waals surface area contributed by atoms with Crippen molar-refractivity contribution in [2.24, 2.45) is 0 Å². The van der Waals surface area contributed by atoms with Crippen molar-refractivity contribution in [1.29, 1.82) is 0 Å². The van der Waals surface area contributed by atoms with E-state index < -0.39 is 32.2 Å². The third kappa shape index (κ3) is 1.85. The number of phosphoric acid groups is 1. The molecule has 8 heteroatoms. The lowest BCUT2D eigenvalue weighted by Crippen LogP contribution is -2.45. The van der Waals surface area contributed by atoms with Gasteiger partial charge in [0.05, 0.1) is 19.3 Å². The zero-order chi connectivity index (χ0) is 11.3. The SMILES string of the molecule is CC1OC2(CO)COC1C2OP(=O)(O)O. The maximum absolute atomic E-state index is 10.8. The van der Waals surface area contributed by atoms with Crippen molar-refractivity contribution in [3.8, 4) is 0 Å². The summed E-state index contributed by atoms with van der Waals surface area (Å²) >= 11 is 0. The molecule has 3 N–H and O–H groups in total. The van der Waals surface area contributed by atoms with Gasteiger partial charge in [-0.1, -0.05) is 0 Å². The van der Waals surface area contributed by atoms with Crippen molar-refractivity contribution >= 4 is 7.82 Å². The highest BCUT2D eigenvalue weighted by molar-refractivity contribution is 7.46. The van der Waals surface area contributed by atoms with Crippen LogP contribution in [0.3, 0.4) is 0 Å². The fraction of sp³-hybridized carbons (Fsp3) is 1.00. The number of rotatable bonds is 3. The molecule has 4 unspecified atom stereocenters. The van der Waals surface area contributed by atoms with E-state index in [1.54, 1.807) is 6.92 Å². The minimum atomic E-state index is -4.60. The summed E-state index contributed by atoms with van der Waals surface area (Å²) in [5.41, 5.74) is -1.13. The average Bonchev–Trinajstić information content (AvgIpc) is 2.55. The van der Waals surface area contributed by atoms with E-state index in [9.17, 15) is 9.67 Å². The summed E-state index contributed by atoms with van der Waals surface area (Å²) in [6.45, 7) is 1.40. The van der Waals surface area contributed by atoms with Crippen LogP contribution in [-0.2, 0) is 18.6 Å². The summed E-state index contributed by atoms with van der Waals surface area (Å²) in [5.74, 6) is 0. The van der Waals surface area contributed by atoms with E-state index in [0.717, 1.165) is 0 Å². The Morgan fingerprint density at radius 3 is 2.73 bits per heavy atom. The number of aliphatic hydroxyl groups excluding tert-OH is 1. The first-order chi connectivity index (χ1) is 6.88. The summed E-state index contributed by atoms with van der Waals surface area (Å²) < 4.78 is 26.0. The van der Waals surface area contributed by atoms with Crippen LogP contribution in [0.15, 0.2) is 0 Å². The highest BCUT2D eigenvalue weighted by Crippen LogP contribution is 2.49. The van der Waals surface area contributed by atoms with E-state index in [1.807, 2.05) is 0 Å². The minimum Gasteiger partial charge on any atom is -0.393 e. The van der Waals surface area contributed by atoms with E-state index >= 15 is 0 Å². The predicted molar refractivity (Wildman–Crippen MR) is 47.0 cm³/mol. The van der Waals surface area contributed by atoms with Gasteiger partial charge in [-0.25, -0.2) is 4.57 Å². The molecule has 0 aromatic rings. The first-order valence-corrected chi connectivity index (χ1v) is 6.05. The molecule has 15 heavy (non-hydrogen) atoms. The molecule has 2 rings (SSSR count). The predicted octanol–water partition coefficient (Wildman–Crippen LogP) is -0.987. The van der Waals surface area contributed by atoms with Crippen LogP contribution in [0.1, 0.15) is 6.92 Å². The van der Waals surface area contributed by atoms with Crippen molar-refractivity contribution in [3.05, 3.63) is 0 Å². The quantitative estimate of drug-likeness (QED) is 0.544. The first kappa shape index (κ1) is 11.5. The van der Waals surface area contributed by atoms with Crippen LogP contribution in [0.25, 0.3) is 0 Å². The molecular formula is C7H13O7P. The number of hydrogen-bond acceptors (Lipinski definition) is 5. The van der Waals surface area contributed by atoms with E-state index in [2.05, 4.69) is 4.52 Å². The summed E-state index contributed by atoms with van der Waals surface area (Å²) in [6, 6.07) is 0. The monoisotopic (exact) mass is 240 g/mol. The Bertz CT molecular complexity index is 302. The Kier molecular flexibility index (Phi) is 2.67. The first-order valence-electron chi connectivity index (χ1n) is 4.52. The maximum atomic E-state index is 10.8. The zero-order valence-electron chi connectivity index (χ0n) is 8.07. The Labute approximate surface area is 86.2 Å². The minimum absolute atomic E-state index is 0.0865. The molecule has 2 aliphatic rings. The van der Waals surface area contributed by atoms with Gasteiger partial charge in [-0.15, -0.1) is 0 Å². The number of hydrogen-bond donors (Lipinski definition) is 3. The van der Waals surface area contributed by atoms with Gasteiger partial charge in [0.15, 0.2) is 0 Å². The van der Waals surface area contributed by atoms with Gasteiger partial charge in [0, 0.05) is 0 Å². The van der Waals surface area contributed by atoms with E-state index in [0.29, 0.717) is 0 Å². The lowest BCUT2D eigenvalue weighted by molar-refractivity contribution is -0.154. The summed E-state index contributed by atoms with van der Waals surface area (Å²) in [4.78, 5) is 17.5. The van der Waals surface area contributed by atoms with Gasteiger partial charge < -0.3 is 24.4 Å². The summed E-state index contributed by atoms with van der Waals surface area (Å²) in [7, 11) is -4.60. The third-order valence-corrected chi connectivity index (χ3v) is 3.24. The van der Waals surface area contributed by atoms with E-state index in [4.69, 9.17) is 19.3 Å². The largest absolute Gasteiger partial charge is 0.470 e. The van der Waals surface area contributed by atoms with Crippen LogP contribution in [0, 0.1) is 0 Å². The smallest absolute Gasteiger partial charge is 0.393 e. The molecule has 88 valence electrons.